The number of likely N-dealkylation sites (N-methyl/N-ethyl adjacent to an activating group) is 1. The maximum Gasteiger partial charge on any atom is 0.411 e. The number of likely N-dealkylation sites (tertiary alicyclic amines) is 1. The number of hydrogen-bond donors (Lipinski definition) is 1. The Kier molecular flexibility index (Phi) is 10.2. The van der Waals surface area contributed by atoms with E-state index in [0.717, 1.165) is 68.1 Å². The minimum atomic E-state index is -0.430. The number of piperidine rings is 1. The van der Waals surface area contributed by atoms with Crippen molar-refractivity contribution in [3.63, 3.8) is 0 Å². The first-order valence-corrected chi connectivity index (χ1v) is 13.9. The highest BCUT2D eigenvalue weighted by Gasteiger charge is 2.24. The van der Waals surface area contributed by atoms with Crippen molar-refractivity contribution < 1.29 is 18.7 Å². The largest absolute Gasteiger partial charge is 0.455 e. The molecule has 0 unspecified atom stereocenters. The third-order valence-electron chi connectivity index (χ3n) is 7.30. The van der Waals surface area contributed by atoms with Gasteiger partial charge in [0.15, 0.2) is 5.76 Å². The van der Waals surface area contributed by atoms with Gasteiger partial charge in [0.2, 0.25) is 0 Å². The van der Waals surface area contributed by atoms with Gasteiger partial charge in [-0.1, -0.05) is 62.4 Å². The van der Waals surface area contributed by atoms with Gasteiger partial charge in [-0.2, -0.15) is 0 Å². The van der Waals surface area contributed by atoms with E-state index >= 15 is 0 Å². The average molecular weight is 533 g/mol. The van der Waals surface area contributed by atoms with Crippen LogP contribution in [0.2, 0.25) is 0 Å². The van der Waals surface area contributed by atoms with Crippen LogP contribution in [0.3, 0.4) is 0 Å². The Hall–Kier alpha value is -3.62. The summed E-state index contributed by atoms with van der Waals surface area (Å²) in [5.74, 6) is 1.09. The van der Waals surface area contributed by atoms with Crippen LogP contribution in [0.15, 0.2) is 71.1 Å². The van der Waals surface area contributed by atoms with Gasteiger partial charge in [-0.05, 0) is 49.7 Å². The summed E-state index contributed by atoms with van der Waals surface area (Å²) in [4.78, 5) is 31.8. The molecule has 8 heteroatoms. The molecule has 2 heterocycles. The van der Waals surface area contributed by atoms with E-state index < -0.39 is 6.09 Å². The van der Waals surface area contributed by atoms with Gasteiger partial charge in [-0.25, -0.2) is 4.79 Å². The molecule has 0 atom stereocenters. The lowest BCUT2D eigenvalue weighted by molar-refractivity contribution is 0.0533. The van der Waals surface area contributed by atoms with Crippen molar-refractivity contribution in [2.45, 2.75) is 39.3 Å². The fourth-order valence-electron chi connectivity index (χ4n) is 4.83. The zero-order valence-electron chi connectivity index (χ0n) is 23.3. The Labute approximate surface area is 231 Å². The average Bonchev–Trinajstić information content (AvgIpc) is 3.44. The van der Waals surface area contributed by atoms with Gasteiger partial charge in [0.1, 0.15) is 11.9 Å². The van der Waals surface area contributed by atoms with Crippen LogP contribution < -0.4 is 5.32 Å². The summed E-state index contributed by atoms with van der Waals surface area (Å²) in [6.45, 7) is 9.81. The molecule has 1 N–H and O–H groups in total. The van der Waals surface area contributed by atoms with Crippen LogP contribution in [-0.2, 0) is 11.3 Å². The van der Waals surface area contributed by atoms with Crippen LogP contribution in [0.25, 0.3) is 11.1 Å². The molecule has 0 aliphatic carbocycles. The van der Waals surface area contributed by atoms with Crippen LogP contribution in [0, 0.1) is 0 Å². The third-order valence-corrected chi connectivity index (χ3v) is 7.30. The molecule has 3 aromatic rings. The molecular formula is C31H40N4O4. The second kappa shape index (κ2) is 14.0. The molecule has 1 aliphatic rings. The fraction of sp³-hybridized carbons (Fsp3) is 0.419. The van der Waals surface area contributed by atoms with Gasteiger partial charge in [-0.3, -0.25) is 15.0 Å². The number of nitrogens with one attached hydrogen (secondary N) is 1. The third kappa shape index (κ3) is 7.94. The summed E-state index contributed by atoms with van der Waals surface area (Å²) in [5.41, 5.74) is 2.73. The summed E-state index contributed by atoms with van der Waals surface area (Å²) >= 11 is 0. The monoisotopic (exact) mass is 532 g/mol. The maximum absolute atomic E-state index is 12.8. The summed E-state index contributed by atoms with van der Waals surface area (Å²) in [6, 6.07) is 21.4. The molecule has 208 valence electrons. The Morgan fingerprint density at radius 2 is 1.67 bits per heavy atom. The van der Waals surface area contributed by atoms with Crippen LogP contribution in [0.5, 0.6) is 0 Å². The zero-order chi connectivity index (χ0) is 27.6. The number of carbonyl (C=O) groups is 2. The number of anilines is 1. The highest BCUT2D eigenvalue weighted by Crippen LogP contribution is 2.28. The maximum atomic E-state index is 12.8. The predicted molar refractivity (Wildman–Crippen MR) is 154 cm³/mol. The zero-order valence-corrected chi connectivity index (χ0v) is 23.3. The van der Waals surface area contributed by atoms with E-state index in [9.17, 15) is 9.59 Å². The van der Waals surface area contributed by atoms with Gasteiger partial charge < -0.3 is 19.0 Å². The summed E-state index contributed by atoms with van der Waals surface area (Å²) < 4.78 is 11.6. The highest BCUT2D eigenvalue weighted by atomic mass is 16.6. The smallest absolute Gasteiger partial charge is 0.411 e. The van der Waals surface area contributed by atoms with E-state index in [4.69, 9.17) is 9.15 Å². The molecule has 2 amide bonds. The molecule has 8 nitrogen and oxygen atoms in total. The summed E-state index contributed by atoms with van der Waals surface area (Å²) in [7, 11) is 1.81. The number of nitrogens with zero attached hydrogens (tertiary/aromatic N) is 3. The molecule has 0 spiro atoms. The van der Waals surface area contributed by atoms with Crippen LogP contribution in [-0.4, -0.2) is 79.1 Å². The number of para-hydroxylation sites is 1. The van der Waals surface area contributed by atoms with Gasteiger partial charge in [0, 0.05) is 38.8 Å². The summed E-state index contributed by atoms with van der Waals surface area (Å²) in [6.07, 6.45) is 0.967. The Bertz CT molecular complexity index is 1200. The summed E-state index contributed by atoms with van der Waals surface area (Å²) in [5, 5.41) is 2.92. The normalized spacial score (nSPS) is 14.4. The quantitative estimate of drug-likeness (QED) is 0.348. The molecule has 0 bridgehead atoms. The Morgan fingerprint density at radius 1 is 0.974 bits per heavy atom. The fourth-order valence-corrected chi connectivity index (χ4v) is 4.83. The second-order valence-corrected chi connectivity index (χ2v) is 9.94. The molecule has 1 aliphatic heterocycles. The number of carbonyl (C=O) groups excluding carboxylic acids is 2. The lowest BCUT2D eigenvalue weighted by Gasteiger charge is -2.32. The van der Waals surface area contributed by atoms with E-state index in [1.165, 1.54) is 0 Å². The van der Waals surface area contributed by atoms with Crippen LogP contribution in [0.1, 0.15) is 43.0 Å². The number of hydrogen-bond acceptors (Lipinski definition) is 6. The molecule has 2 aromatic carbocycles. The van der Waals surface area contributed by atoms with Crippen LogP contribution >= 0.6 is 0 Å². The number of ether oxygens (including phenoxy) is 1. The minimum absolute atomic E-state index is 0.105. The van der Waals surface area contributed by atoms with Crippen molar-refractivity contribution in [3.05, 3.63) is 78.3 Å². The molecule has 4 rings (SSSR count). The van der Waals surface area contributed by atoms with Crippen molar-refractivity contribution in [1.82, 2.24) is 14.7 Å². The van der Waals surface area contributed by atoms with Gasteiger partial charge in [0.05, 0.1) is 12.2 Å². The Morgan fingerprint density at radius 3 is 2.38 bits per heavy atom. The molecule has 39 heavy (non-hydrogen) atoms. The number of furan rings is 1. The Balaban J connectivity index is 1.19. The molecule has 1 fully saturated rings. The van der Waals surface area contributed by atoms with Gasteiger partial charge in [-0.15, -0.1) is 0 Å². The lowest BCUT2D eigenvalue weighted by atomic mass is 10.0. The molecule has 1 saturated heterocycles. The van der Waals surface area contributed by atoms with Crippen molar-refractivity contribution in [1.29, 1.82) is 0 Å². The van der Waals surface area contributed by atoms with E-state index in [0.29, 0.717) is 18.8 Å². The molecular weight excluding hydrogens is 492 g/mol. The topological polar surface area (TPSA) is 78.3 Å². The minimum Gasteiger partial charge on any atom is -0.455 e. The highest BCUT2D eigenvalue weighted by molar-refractivity contribution is 5.92. The van der Waals surface area contributed by atoms with Crippen molar-refractivity contribution >= 4 is 17.7 Å². The lowest BCUT2D eigenvalue weighted by Crippen LogP contribution is -2.42. The second-order valence-electron chi connectivity index (χ2n) is 9.94. The molecule has 0 radical (unpaired) electrons. The first-order chi connectivity index (χ1) is 19.0. The van der Waals surface area contributed by atoms with Gasteiger partial charge >= 0.3 is 6.09 Å². The number of amides is 2. The van der Waals surface area contributed by atoms with Crippen LogP contribution in [0.4, 0.5) is 10.5 Å². The van der Waals surface area contributed by atoms with E-state index in [-0.39, 0.29) is 12.0 Å². The van der Waals surface area contributed by atoms with E-state index in [2.05, 4.69) is 29.0 Å². The van der Waals surface area contributed by atoms with Gasteiger partial charge in [0.25, 0.3) is 5.91 Å². The number of benzene rings is 2. The molecule has 0 saturated carbocycles. The standard InChI is InChI=1S/C31H40N4O4/c1-4-34(5-2)23-26-15-16-29(38-26)30(36)33(3)21-22-35-19-17-25(18-20-35)39-31(37)32-28-14-10-9-13-27(28)24-11-7-6-8-12-24/h6-16,25H,4-5,17-23H2,1-3H3,(H,32,37). The van der Waals surface area contributed by atoms with Crippen molar-refractivity contribution in [2.75, 3.05) is 51.6 Å². The predicted octanol–water partition coefficient (Wildman–Crippen LogP) is 5.57. The van der Waals surface area contributed by atoms with Crippen molar-refractivity contribution in [3.8, 4) is 11.1 Å². The van der Waals surface area contributed by atoms with E-state index in [1.54, 1.807) is 11.0 Å². The first-order valence-electron chi connectivity index (χ1n) is 13.9. The molecule has 1 aromatic heterocycles. The van der Waals surface area contributed by atoms with Crippen molar-refractivity contribution in [2.24, 2.45) is 0 Å². The first kappa shape index (κ1) is 28.4. The number of rotatable bonds is 11. The van der Waals surface area contributed by atoms with E-state index in [1.807, 2.05) is 67.7 Å². The SMILES string of the molecule is CCN(CC)Cc1ccc(C(=O)N(C)CCN2CCC(OC(=O)Nc3ccccc3-c3ccccc3)CC2)o1.